The number of likely N-dealkylation sites (N-methyl/N-ethyl adjacent to an activating group) is 1. The van der Waals surface area contributed by atoms with Crippen LogP contribution >= 0.6 is 0 Å². The summed E-state index contributed by atoms with van der Waals surface area (Å²) in [6, 6.07) is 1.44. The van der Waals surface area contributed by atoms with Crippen LogP contribution in [-0.2, 0) is 0 Å². The van der Waals surface area contributed by atoms with Crippen LogP contribution in [0.3, 0.4) is 0 Å². The topological polar surface area (TPSA) is 42.9 Å². The summed E-state index contributed by atoms with van der Waals surface area (Å²) in [5.41, 5.74) is 0.297. The molecule has 3 aliphatic rings. The van der Waals surface area contributed by atoms with E-state index in [4.69, 9.17) is 0 Å². The highest BCUT2D eigenvalue weighted by Crippen LogP contribution is 2.32. The third-order valence-corrected chi connectivity index (χ3v) is 6.17. The Morgan fingerprint density at radius 3 is 2.52 bits per heavy atom. The molecule has 0 aromatic heterocycles. The zero-order valence-electron chi connectivity index (χ0n) is 15.3. The Morgan fingerprint density at radius 1 is 1.17 bits per heavy atom. The van der Waals surface area contributed by atoms with Gasteiger partial charge in [0.15, 0.2) is 5.96 Å². The Morgan fingerprint density at radius 2 is 1.91 bits per heavy atom. The van der Waals surface area contributed by atoms with Crippen molar-refractivity contribution in [1.82, 2.24) is 20.4 Å². The van der Waals surface area contributed by atoms with Gasteiger partial charge in [-0.2, -0.15) is 0 Å². The SMILES string of the molecule is CN=C(NCC1(N(C)C)CCCCC1)NC1CCN(C2CC2)C1. The maximum Gasteiger partial charge on any atom is 0.191 e. The summed E-state index contributed by atoms with van der Waals surface area (Å²) < 4.78 is 0. The van der Waals surface area contributed by atoms with Crippen molar-refractivity contribution < 1.29 is 0 Å². The Bertz CT molecular complexity index is 410. The number of likely N-dealkylation sites (tertiary alicyclic amines) is 1. The third kappa shape index (κ3) is 4.18. The molecule has 1 saturated heterocycles. The van der Waals surface area contributed by atoms with Gasteiger partial charge in [0.05, 0.1) is 0 Å². The molecule has 1 heterocycles. The van der Waals surface area contributed by atoms with Gasteiger partial charge in [-0.05, 0) is 46.2 Å². The van der Waals surface area contributed by atoms with Crippen molar-refractivity contribution in [3.05, 3.63) is 0 Å². The molecule has 3 fully saturated rings. The fourth-order valence-electron chi connectivity index (χ4n) is 4.30. The molecular weight excluding hydrogens is 286 g/mol. The second kappa shape index (κ2) is 7.39. The summed E-state index contributed by atoms with van der Waals surface area (Å²) in [7, 11) is 6.35. The van der Waals surface area contributed by atoms with E-state index in [-0.39, 0.29) is 0 Å². The lowest BCUT2D eigenvalue weighted by atomic mass is 9.80. The molecule has 5 heteroatoms. The third-order valence-electron chi connectivity index (χ3n) is 6.17. The molecule has 0 aromatic carbocycles. The van der Waals surface area contributed by atoms with Gasteiger partial charge in [0, 0.05) is 44.3 Å². The molecule has 2 N–H and O–H groups in total. The van der Waals surface area contributed by atoms with Gasteiger partial charge >= 0.3 is 0 Å². The van der Waals surface area contributed by atoms with E-state index in [0.717, 1.165) is 18.5 Å². The lowest BCUT2D eigenvalue weighted by Gasteiger charge is -2.43. The summed E-state index contributed by atoms with van der Waals surface area (Å²) in [6.45, 7) is 3.43. The van der Waals surface area contributed by atoms with Crippen molar-refractivity contribution in [2.45, 2.75) is 69.0 Å². The van der Waals surface area contributed by atoms with E-state index in [0.29, 0.717) is 11.6 Å². The van der Waals surface area contributed by atoms with Gasteiger partial charge in [-0.3, -0.25) is 9.89 Å². The maximum atomic E-state index is 4.47. The van der Waals surface area contributed by atoms with Crippen molar-refractivity contribution in [3.8, 4) is 0 Å². The Kier molecular flexibility index (Phi) is 5.47. The number of hydrogen-bond acceptors (Lipinski definition) is 3. The molecule has 1 unspecified atom stereocenters. The van der Waals surface area contributed by atoms with Crippen LogP contribution < -0.4 is 10.6 Å². The van der Waals surface area contributed by atoms with Gasteiger partial charge in [-0.1, -0.05) is 19.3 Å². The number of aliphatic imine (C=N–C) groups is 1. The quantitative estimate of drug-likeness (QED) is 0.597. The van der Waals surface area contributed by atoms with Crippen LogP contribution in [0.2, 0.25) is 0 Å². The zero-order chi connectivity index (χ0) is 16.3. The molecule has 2 saturated carbocycles. The monoisotopic (exact) mass is 321 g/mol. The Balaban J connectivity index is 1.49. The van der Waals surface area contributed by atoms with Crippen LogP contribution in [0.25, 0.3) is 0 Å². The second-order valence-corrected chi connectivity index (χ2v) is 7.96. The first-order chi connectivity index (χ1) is 11.1. The van der Waals surface area contributed by atoms with Gasteiger partial charge in [0.1, 0.15) is 0 Å². The molecule has 23 heavy (non-hydrogen) atoms. The van der Waals surface area contributed by atoms with Crippen LogP contribution in [0, 0.1) is 0 Å². The minimum atomic E-state index is 0.297. The van der Waals surface area contributed by atoms with E-state index in [1.54, 1.807) is 0 Å². The smallest absolute Gasteiger partial charge is 0.191 e. The molecule has 3 rings (SSSR count). The maximum absolute atomic E-state index is 4.47. The average molecular weight is 322 g/mol. The molecule has 0 radical (unpaired) electrons. The van der Waals surface area contributed by atoms with Crippen LogP contribution in [0.15, 0.2) is 4.99 Å². The van der Waals surface area contributed by atoms with Crippen LogP contribution in [0.1, 0.15) is 51.4 Å². The van der Waals surface area contributed by atoms with Crippen LogP contribution in [-0.4, -0.2) is 74.2 Å². The van der Waals surface area contributed by atoms with E-state index >= 15 is 0 Å². The highest BCUT2D eigenvalue weighted by atomic mass is 15.3. The first-order valence-corrected chi connectivity index (χ1v) is 9.52. The van der Waals surface area contributed by atoms with E-state index in [1.807, 2.05) is 7.05 Å². The zero-order valence-corrected chi connectivity index (χ0v) is 15.3. The van der Waals surface area contributed by atoms with E-state index in [1.165, 1.54) is 64.5 Å². The van der Waals surface area contributed by atoms with Gasteiger partial charge in [0.25, 0.3) is 0 Å². The number of nitrogens with one attached hydrogen (secondary N) is 2. The number of rotatable bonds is 5. The van der Waals surface area contributed by atoms with Crippen molar-refractivity contribution in [3.63, 3.8) is 0 Å². The standard InChI is InChI=1S/C18H35N5/c1-19-17(21-15-9-12-23(13-15)16-7-8-16)20-14-18(22(2)3)10-5-4-6-11-18/h15-16H,4-14H2,1-3H3,(H2,19,20,21). The number of hydrogen-bond donors (Lipinski definition) is 2. The molecule has 0 spiro atoms. The molecule has 1 aliphatic heterocycles. The molecule has 132 valence electrons. The van der Waals surface area contributed by atoms with Crippen molar-refractivity contribution in [1.29, 1.82) is 0 Å². The molecule has 1 atom stereocenters. The van der Waals surface area contributed by atoms with E-state index < -0.39 is 0 Å². The van der Waals surface area contributed by atoms with Gasteiger partial charge in [-0.15, -0.1) is 0 Å². The van der Waals surface area contributed by atoms with Gasteiger partial charge in [0.2, 0.25) is 0 Å². The van der Waals surface area contributed by atoms with Crippen LogP contribution in [0.5, 0.6) is 0 Å². The normalized spacial score (nSPS) is 29.0. The lowest BCUT2D eigenvalue weighted by Crippen LogP contribution is -2.56. The van der Waals surface area contributed by atoms with E-state index in [2.05, 4.69) is 39.5 Å². The summed E-state index contributed by atoms with van der Waals surface area (Å²) in [5.74, 6) is 0.986. The summed E-state index contributed by atoms with van der Waals surface area (Å²) >= 11 is 0. The van der Waals surface area contributed by atoms with E-state index in [9.17, 15) is 0 Å². The van der Waals surface area contributed by atoms with Gasteiger partial charge in [-0.25, -0.2) is 0 Å². The second-order valence-electron chi connectivity index (χ2n) is 7.96. The van der Waals surface area contributed by atoms with Crippen molar-refractivity contribution in [2.75, 3.05) is 40.8 Å². The summed E-state index contributed by atoms with van der Waals surface area (Å²) in [4.78, 5) is 9.54. The molecule has 0 bridgehead atoms. The minimum absolute atomic E-state index is 0.297. The molecule has 0 amide bonds. The predicted octanol–water partition coefficient (Wildman–Crippen LogP) is 1.65. The highest BCUT2D eigenvalue weighted by molar-refractivity contribution is 5.80. The van der Waals surface area contributed by atoms with Crippen molar-refractivity contribution in [2.24, 2.45) is 4.99 Å². The highest BCUT2D eigenvalue weighted by Gasteiger charge is 2.36. The summed E-state index contributed by atoms with van der Waals surface area (Å²) in [5, 5.41) is 7.28. The van der Waals surface area contributed by atoms with Crippen molar-refractivity contribution >= 4 is 5.96 Å². The predicted molar refractivity (Wildman–Crippen MR) is 97.0 cm³/mol. The number of nitrogens with zero attached hydrogens (tertiary/aromatic N) is 3. The summed E-state index contributed by atoms with van der Waals surface area (Å²) in [6.07, 6.45) is 10.7. The van der Waals surface area contributed by atoms with Gasteiger partial charge < -0.3 is 15.5 Å². The first kappa shape index (κ1) is 17.0. The minimum Gasteiger partial charge on any atom is -0.355 e. The first-order valence-electron chi connectivity index (χ1n) is 9.52. The Labute approximate surface area is 141 Å². The molecule has 5 nitrogen and oxygen atoms in total. The fraction of sp³-hybridized carbons (Fsp3) is 0.944. The molecule has 2 aliphatic carbocycles. The van der Waals surface area contributed by atoms with Crippen LogP contribution in [0.4, 0.5) is 0 Å². The number of guanidine groups is 1. The Hall–Kier alpha value is -0.810. The largest absolute Gasteiger partial charge is 0.355 e. The average Bonchev–Trinajstić information content (AvgIpc) is 3.31. The molecule has 0 aromatic rings. The fourth-order valence-corrected chi connectivity index (χ4v) is 4.30. The molecular formula is C18H35N5. The lowest BCUT2D eigenvalue weighted by molar-refractivity contribution is 0.104.